The number of nitrogens with zero attached hydrogens (tertiary/aromatic N) is 1. The maximum absolute atomic E-state index is 11.7. The van der Waals surface area contributed by atoms with E-state index in [1.807, 2.05) is 0 Å². The molecule has 0 atom stereocenters. The van der Waals surface area contributed by atoms with Crippen LogP contribution in [0.15, 0.2) is 12.7 Å². The molecule has 1 aliphatic rings. The van der Waals surface area contributed by atoms with Crippen molar-refractivity contribution in [1.29, 1.82) is 0 Å². The Morgan fingerprint density at radius 1 is 1.44 bits per heavy atom. The Bertz CT molecular complexity index is 310. The zero-order chi connectivity index (χ0) is 12.0. The second-order valence-electron chi connectivity index (χ2n) is 4.32. The first kappa shape index (κ1) is 13.7. The second-order valence-corrected chi connectivity index (χ2v) is 6.52. The average Bonchev–Trinajstić information content (AvgIpc) is 3.01. The first-order chi connectivity index (χ1) is 7.56. The van der Waals surface area contributed by atoms with Crippen LogP contribution in [0, 0.1) is 0 Å². The Morgan fingerprint density at radius 2 is 2.12 bits per heavy atom. The van der Waals surface area contributed by atoms with Gasteiger partial charge in [0.2, 0.25) is 10.0 Å². The summed E-state index contributed by atoms with van der Waals surface area (Å²) in [7, 11) is -1.48. The van der Waals surface area contributed by atoms with Gasteiger partial charge in [-0.2, -0.15) is 0 Å². The van der Waals surface area contributed by atoms with Gasteiger partial charge in [0, 0.05) is 19.6 Å². The summed E-state index contributed by atoms with van der Waals surface area (Å²) in [6.45, 7) is 4.86. The van der Waals surface area contributed by atoms with Crippen LogP contribution in [-0.2, 0) is 10.0 Å². The lowest BCUT2D eigenvalue weighted by Crippen LogP contribution is -2.29. The molecule has 16 heavy (non-hydrogen) atoms. The maximum atomic E-state index is 11.7. The lowest BCUT2D eigenvalue weighted by molar-refractivity contribution is 0.495. The highest BCUT2D eigenvalue weighted by Gasteiger charge is 2.20. The highest BCUT2D eigenvalue weighted by Crippen LogP contribution is 2.18. The predicted molar refractivity (Wildman–Crippen MR) is 66.9 cm³/mol. The van der Waals surface area contributed by atoms with Crippen LogP contribution in [0.25, 0.3) is 0 Å². The van der Waals surface area contributed by atoms with E-state index in [1.54, 1.807) is 13.1 Å². The highest BCUT2D eigenvalue weighted by molar-refractivity contribution is 7.89. The average molecular weight is 246 g/mol. The summed E-state index contributed by atoms with van der Waals surface area (Å²) < 4.78 is 24.7. The van der Waals surface area contributed by atoms with E-state index in [0.29, 0.717) is 12.6 Å². The summed E-state index contributed by atoms with van der Waals surface area (Å²) in [5.41, 5.74) is 0. The van der Waals surface area contributed by atoms with Gasteiger partial charge in [-0.1, -0.05) is 6.08 Å². The monoisotopic (exact) mass is 246 g/mol. The third-order valence-corrected chi connectivity index (χ3v) is 4.60. The van der Waals surface area contributed by atoms with Crippen LogP contribution in [0.5, 0.6) is 0 Å². The molecule has 0 aliphatic heterocycles. The number of rotatable bonds is 9. The van der Waals surface area contributed by atoms with E-state index in [9.17, 15) is 8.42 Å². The molecular formula is C11H22N2O2S. The smallest absolute Gasteiger partial charge is 0.214 e. The summed E-state index contributed by atoms with van der Waals surface area (Å²) in [6.07, 6.45) is 5.81. The molecule has 94 valence electrons. The maximum Gasteiger partial charge on any atom is 0.214 e. The normalized spacial score (nSPS) is 16.6. The molecule has 1 saturated carbocycles. The van der Waals surface area contributed by atoms with Crippen LogP contribution in [0.1, 0.15) is 25.7 Å². The fourth-order valence-corrected chi connectivity index (χ4v) is 2.67. The molecule has 1 N–H and O–H groups in total. The first-order valence-corrected chi connectivity index (χ1v) is 7.45. The number of likely N-dealkylation sites (N-methyl/N-ethyl adjacent to an activating group) is 1. The zero-order valence-electron chi connectivity index (χ0n) is 9.98. The van der Waals surface area contributed by atoms with Crippen LogP contribution >= 0.6 is 0 Å². The van der Waals surface area contributed by atoms with Gasteiger partial charge >= 0.3 is 0 Å². The van der Waals surface area contributed by atoms with Crippen LogP contribution in [0.3, 0.4) is 0 Å². The second kappa shape index (κ2) is 6.37. The lowest BCUT2D eigenvalue weighted by Gasteiger charge is -2.14. The minimum absolute atomic E-state index is 0.240. The Kier molecular flexibility index (Phi) is 5.44. The third kappa shape index (κ3) is 5.09. The predicted octanol–water partition coefficient (Wildman–Crippen LogP) is 0.966. The van der Waals surface area contributed by atoms with E-state index < -0.39 is 10.0 Å². The van der Waals surface area contributed by atoms with Gasteiger partial charge in [0.25, 0.3) is 0 Å². The zero-order valence-corrected chi connectivity index (χ0v) is 10.8. The summed E-state index contributed by atoms with van der Waals surface area (Å²) >= 11 is 0. The lowest BCUT2D eigenvalue weighted by atomic mass is 10.3. The molecule has 4 nitrogen and oxygen atoms in total. The van der Waals surface area contributed by atoms with Crippen molar-refractivity contribution in [2.75, 3.05) is 25.9 Å². The van der Waals surface area contributed by atoms with E-state index in [4.69, 9.17) is 0 Å². The highest BCUT2D eigenvalue weighted by atomic mass is 32.2. The molecule has 1 fully saturated rings. The van der Waals surface area contributed by atoms with E-state index >= 15 is 0 Å². The van der Waals surface area contributed by atoms with E-state index in [-0.39, 0.29) is 5.75 Å². The molecule has 0 amide bonds. The molecule has 0 bridgehead atoms. The van der Waals surface area contributed by atoms with Gasteiger partial charge in [0.05, 0.1) is 5.75 Å². The van der Waals surface area contributed by atoms with Gasteiger partial charge in [-0.3, -0.25) is 0 Å². The number of hydrogen-bond donors (Lipinski definition) is 1. The molecule has 0 spiro atoms. The molecule has 1 aliphatic carbocycles. The van der Waals surface area contributed by atoms with Crippen molar-refractivity contribution >= 4 is 10.0 Å². The van der Waals surface area contributed by atoms with E-state index in [2.05, 4.69) is 11.9 Å². The summed E-state index contributed by atoms with van der Waals surface area (Å²) in [6, 6.07) is 0.708. The minimum atomic E-state index is -3.07. The number of unbranched alkanes of at least 4 members (excludes halogenated alkanes) is 1. The molecule has 0 heterocycles. The van der Waals surface area contributed by atoms with Gasteiger partial charge in [0.15, 0.2) is 0 Å². The van der Waals surface area contributed by atoms with E-state index in [0.717, 1.165) is 19.4 Å². The van der Waals surface area contributed by atoms with E-state index in [1.165, 1.54) is 17.1 Å². The Hall–Kier alpha value is -0.390. The molecule has 1 rings (SSSR count). The first-order valence-electron chi connectivity index (χ1n) is 5.84. The van der Waals surface area contributed by atoms with Crippen molar-refractivity contribution in [3.05, 3.63) is 12.7 Å². The molecule has 5 heteroatoms. The van der Waals surface area contributed by atoms with Crippen molar-refractivity contribution in [2.45, 2.75) is 31.7 Å². The van der Waals surface area contributed by atoms with Gasteiger partial charge in [0.1, 0.15) is 0 Å². The van der Waals surface area contributed by atoms with Gasteiger partial charge in [-0.25, -0.2) is 12.7 Å². The third-order valence-electron chi connectivity index (χ3n) is 2.70. The number of nitrogens with one attached hydrogen (secondary N) is 1. The van der Waals surface area contributed by atoms with Crippen molar-refractivity contribution < 1.29 is 8.42 Å². The standard InChI is InChI=1S/C11H22N2O2S/c1-3-9-13(2)16(14,15)10-5-4-8-12-11-6-7-11/h3,11-12H,1,4-10H2,2H3. The summed E-state index contributed by atoms with van der Waals surface area (Å²) in [5.74, 6) is 0.240. The Balaban J connectivity index is 2.11. The molecule has 0 aromatic rings. The Morgan fingerprint density at radius 3 is 2.69 bits per heavy atom. The summed E-state index contributed by atoms with van der Waals surface area (Å²) in [5, 5.41) is 3.37. The molecule has 0 aromatic heterocycles. The Labute approximate surface area is 98.8 Å². The van der Waals surface area contributed by atoms with Crippen LogP contribution in [0.2, 0.25) is 0 Å². The fourth-order valence-electron chi connectivity index (χ4n) is 1.45. The van der Waals surface area contributed by atoms with Crippen LogP contribution < -0.4 is 5.32 Å². The molecular weight excluding hydrogens is 224 g/mol. The van der Waals surface area contributed by atoms with Crippen LogP contribution in [-0.4, -0.2) is 44.7 Å². The molecule has 0 aromatic carbocycles. The minimum Gasteiger partial charge on any atom is -0.314 e. The number of hydrogen-bond acceptors (Lipinski definition) is 3. The van der Waals surface area contributed by atoms with Gasteiger partial charge in [-0.15, -0.1) is 6.58 Å². The molecule has 0 saturated heterocycles. The largest absolute Gasteiger partial charge is 0.314 e. The fraction of sp³-hybridized carbons (Fsp3) is 0.818. The van der Waals surface area contributed by atoms with Crippen LogP contribution in [0.4, 0.5) is 0 Å². The number of sulfonamides is 1. The van der Waals surface area contributed by atoms with Crippen molar-refractivity contribution in [2.24, 2.45) is 0 Å². The van der Waals surface area contributed by atoms with Gasteiger partial charge in [-0.05, 0) is 32.2 Å². The molecule has 0 unspecified atom stereocenters. The summed E-state index contributed by atoms with van der Waals surface area (Å²) in [4.78, 5) is 0. The van der Waals surface area contributed by atoms with Gasteiger partial charge < -0.3 is 5.32 Å². The molecule has 0 radical (unpaired) electrons. The quantitative estimate of drug-likeness (QED) is 0.487. The van der Waals surface area contributed by atoms with Crippen molar-refractivity contribution in [1.82, 2.24) is 9.62 Å². The van der Waals surface area contributed by atoms with Crippen molar-refractivity contribution in [3.63, 3.8) is 0 Å². The topological polar surface area (TPSA) is 49.4 Å². The van der Waals surface area contributed by atoms with Crippen molar-refractivity contribution in [3.8, 4) is 0 Å². The SMILES string of the molecule is C=CCN(C)S(=O)(=O)CCCCNC1CC1.